The summed E-state index contributed by atoms with van der Waals surface area (Å²) in [5.74, 6) is -0.115. The van der Waals surface area contributed by atoms with Crippen LogP contribution in [0.15, 0.2) is 12.1 Å². The number of likely N-dealkylation sites (tertiary alicyclic amines) is 1. The number of benzene rings is 1. The fourth-order valence-corrected chi connectivity index (χ4v) is 4.16. The lowest BCUT2D eigenvalue weighted by Crippen LogP contribution is -2.48. The molecule has 130 valence electrons. The van der Waals surface area contributed by atoms with E-state index in [1.807, 2.05) is 18.7 Å². The van der Waals surface area contributed by atoms with Gasteiger partial charge in [-0.1, -0.05) is 17.7 Å². The van der Waals surface area contributed by atoms with Gasteiger partial charge in [0.15, 0.2) is 0 Å². The highest BCUT2D eigenvalue weighted by molar-refractivity contribution is 6.01. The molecule has 0 unspecified atom stereocenters. The van der Waals surface area contributed by atoms with Gasteiger partial charge in [0, 0.05) is 37.8 Å². The fourth-order valence-electron chi connectivity index (χ4n) is 4.16. The number of nitrogens with two attached hydrogens (primary N) is 1. The summed E-state index contributed by atoms with van der Waals surface area (Å²) in [5, 5.41) is 0. The maximum Gasteiger partial charge on any atom is 0.228 e. The van der Waals surface area contributed by atoms with Crippen molar-refractivity contribution in [1.29, 1.82) is 0 Å². The molecular weight excluding hydrogens is 302 g/mol. The summed E-state index contributed by atoms with van der Waals surface area (Å²) in [5.41, 5.74) is 10.3. The highest BCUT2D eigenvalue weighted by Crippen LogP contribution is 2.32. The lowest BCUT2D eigenvalue weighted by Gasteiger charge is -2.32. The van der Waals surface area contributed by atoms with Crippen molar-refractivity contribution in [2.24, 2.45) is 11.7 Å². The molecule has 0 saturated carbocycles. The van der Waals surface area contributed by atoms with Crippen LogP contribution >= 0.6 is 0 Å². The molecule has 0 radical (unpaired) electrons. The SMILES string of the molecule is Cc1cc(C)c(N2C[C@@H](C(=O)N3CCC[C@H](N)C3)CC2=O)c(C)c1. The average Bonchev–Trinajstić information content (AvgIpc) is 2.87. The number of aryl methyl sites for hydroxylation is 3. The van der Waals surface area contributed by atoms with Crippen molar-refractivity contribution in [2.75, 3.05) is 24.5 Å². The third-order valence-corrected chi connectivity index (χ3v) is 5.15. The molecule has 1 aromatic carbocycles. The molecule has 0 spiro atoms. The Kier molecular flexibility index (Phi) is 4.63. The summed E-state index contributed by atoms with van der Waals surface area (Å²) in [4.78, 5) is 29.0. The first kappa shape index (κ1) is 17.0. The minimum Gasteiger partial charge on any atom is -0.341 e. The minimum absolute atomic E-state index is 0.0460. The molecule has 2 amide bonds. The third-order valence-electron chi connectivity index (χ3n) is 5.15. The number of rotatable bonds is 2. The number of piperidine rings is 1. The fraction of sp³-hybridized carbons (Fsp3) is 0.579. The number of hydrogen-bond acceptors (Lipinski definition) is 3. The van der Waals surface area contributed by atoms with Gasteiger partial charge in [-0.3, -0.25) is 9.59 Å². The Morgan fingerprint density at radius 3 is 2.46 bits per heavy atom. The normalized spacial score (nSPS) is 24.6. The molecule has 2 aliphatic heterocycles. The van der Waals surface area contributed by atoms with Crippen molar-refractivity contribution in [3.05, 3.63) is 28.8 Å². The minimum atomic E-state index is -0.247. The Morgan fingerprint density at radius 1 is 1.17 bits per heavy atom. The quantitative estimate of drug-likeness (QED) is 0.901. The van der Waals surface area contributed by atoms with Crippen LogP contribution in [0.25, 0.3) is 0 Å². The second-order valence-corrected chi connectivity index (χ2v) is 7.34. The largest absolute Gasteiger partial charge is 0.341 e. The van der Waals surface area contributed by atoms with E-state index in [0.29, 0.717) is 19.5 Å². The van der Waals surface area contributed by atoms with Crippen LogP contribution in [0.1, 0.15) is 36.0 Å². The summed E-state index contributed by atoms with van der Waals surface area (Å²) >= 11 is 0. The Balaban J connectivity index is 1.78. The Bertz CT molecular complexity index is 648. The van der Waals surface area contributed by atoms with Crippen LogP contribution in [0.5, 0.6) is 0 Å². The van der Waals surface area contributed by atoms with Gasteiger partial charge in [0.2, 0.25) is 11.8 Å². The van der Waals surface area contributed by atoms with E-state index in [0.717, 1.165) is 36.2 Å². The van der Waals surface area contributed by atoms with Crippen molar-refractivity contribution < 1.29 is 9.59 Å². The van der Waals surface area contributed by atoms with E-state index in [1.54, 1.807) is 4.90 Å². The number of anilines is 1. The maximum absolute atomic E-state index is 12.8. The molecule has 2 N–H and O–H groups in total. The van der Waals surface area contributed by atoms with Crippen molar-refractivity contribution in [2.45, 2.75) is 46.1 Å². The Morgan fingerprint density at radius 2 is 1.83 bits per heavy atom. The van der Waals surface area contributed by atoms with Crippen LogP contribution in [0.4, 0.5) is 5.69 Å². The second kappa shape index (κ2) is 6.55. The van der Waals surface area contributed by atoms with Gasteiger partial charge in [-0.15, -0.1) is 0 Å². The van der Waals surface area contributed by atoms with E-state index < -0.39 is 0 Å². The van der Waals surface area contributed by atoms with Gasteiger partial charge in [-0.05, 0) is 44.7 Å². The molecule has 2 saturated heterocycles. The van der Waals surface area contributed by atoms with Crippen molar-refractivity contribution in [1.82, 2.24) is 4.90 Å². The van der Waals surface area contributed by atoms with Gasteiger partial charge in [-0.25, -0.2) is 0 Å². The summed E-state index contributed by atoms with van der Waals surface area (Å²) < 4.78 is 0. The summed E-state index contributed by atoms with van der Waals surface area (Å²) in [7, 11) is 0. The van der Waals surface area contributed by atoms with Gasteiger partial charge in [-0.2, -0.15) is 0 Å². The van der Waals surface area contributed by atoms with Gasteiger partial charge >= 0.3 is 0 Å². The molecule has 2 aliphatic rings. The molecule has 2 fully saturated rings. The molecule has 0 aromatic heterocycles. The van der Waals surface area contributed by atoms with Crippen LogP contribution in [-0.4, -0.2) is 42.4 Å². The number of carbonyl (C=O) groups excluding carboxylic acids is 2. The molecular formula is C19H27N3O2. The lowest BCUT2D eigenvalue weighted by molar-refractivity contribution is -0.136. The first-order valence-electron chi connectivity index (χ1n) is 8.79. The molecule has 0 aliphatic carbocycles. The van der Waals surface area contributed by atoms with Crippen LogP contribution in [0.3, 0.4) is 0 Å². The lowest BCUT2D eigenvalue weighted by atomic mass is 10.0. The van der Waals surface area contributed by atoms with E-state index in [1.165, 1.54) is 5.56 Å². The first-order chi connectivity index (χ1) is 11.4. The molecule has 24 heavy (non-hydrogen) atoms. The standard InChI is InChI=1S/C19H27N3O2/c1-12-7-13(2)18(14(3)8-12)22-10-15(9-17(22)23)19(24)21-6-4-5-16(20)11-21/h7-8,15-16H,4-6,9-11,20H2,1-3H3/t15-,16-/m0/s1. The van der Waals surface area contributed by atoms with Crippen molar-refractivity contribution >= 4 is 17.5 Å². The maximum atomic E-state index is 12.8. The number of nitrogens with zero attached hydrogens (tertiary/aromatic N) is 2. The van der Waals surface area contributed by atoms with Gasteiger partial charge in [0.25, 0.3) is 0 Å². The van der Waals surface area contributed by atoms with Crippen LogP contribution in [0, 0.1) is 26.7 Å². The van der Waals surface area contributed by atoms with Crippen molar-refractivity contribution in [3.63, 3.8) is 0 Å². The Hall–Kier alpha value is -1.88. The van der Waals surface area contributed by atoms with E-state index in [-0.39, 0.29) is 23.8 Å². The van der Waals surface area contributed by atoms with Gasteiger partial charge < -0.3 is 15.5 Å². The highest BCUT2D eigenvalue weighted by Gasteiger charge is 2.38. The molecule has 3 rings (SSSR count). The summed E-state index contributed by atoms with van der Waals surface area (Å²) in [6, 6.07) is 4.25. The molecule has 5 nitrogen and oxygen atoms in total. The van der Waals surface area contributed by atoms with Crippen molar-refractivity contribution in [3.8, 4) is 0 Å². The zero-order valence-corrected chi connectivity index (χ0v) is 14.8. The van der Waals surface area contributed by atoms with Crippen LogP contribution in [-0.2, 0) is 9.59 Å². The molecule has 2 atom stereocenters. The van der Waals surface area contributed by atoms with E-state index in [4.69, 9.17) is 5.73 Å². The third kappa shape index (κ3) is 3.18. The zero-order chi connectivity index (χ0) is 17.4. The molecule has 1 aromatic rings. The molecule has 5 heteroatoms. The Labute approximate surface area is 143 Å². The van der Waals surface area contributed by atoms with Gasteiger partial charge in [0.05, 0.1) is 5.92 Å². The van der Waals surface area contributed by atoms with Crippen LogP contribution in [0.2, 0.25) is 0 Å². The number of hydrogen-bond donors (Lipinski definition) is 1. The number of amides is 2. The predicted octanol–water partition coefficient (Wildman–Crippen LogP) is 1.91. The molecule has 0 bridgehead atoms. The number of carbonyl (C=O) groups is 2. The zero-order valence-electron chi connectivity index (χ0n) is 14.8. The van der Waals surface area contributed by atoms with E-state index in [9.17, 15) is 9.59 Å². The summed E-state index contributed by atoms with van der Waals surface area (Å²) in [6.07, 6.45) is 2.23. The second-order valence-electron chi connectivity index (χ2n) is 7.34. The van der Waals surface area contributed by atoms with Gasteiger partial charge in [0.1, 0.15) is 0 Å². The van der Waals surface area contributed by atoms with E-state index >= 15 is 0 Å². The topological polar surface area (TPSA) is 66.6 Å². The summed E-state index contributed by atoms with van der Waals surface area (Å²) in [6.45, 7) is 7.98. The monoisotopic (exact) mass is 329 g/mol. The predicted molar refractivity (Wildman–Crippen MR) is 94.9 cm³/mol. The average molecular weight is 329 g/mol. The molecule has 2 heterocycles. The smallest absolute Gasteiger partial charge is 0.228 e. The highest BCUT2D eigenvalue weighted by atomic mass is 16.2. The van der Waals surface area contributed by atoms with Crippen LogP contribution < -0.4 is 10.6 Å². The van der Waals surface area contributed by atoms with E-state index in [2.05, 4.69) is 19.1 Å². The first-order valence-corrected chi connectivity index (χ1v) is 8.79.